The predicted octanol–water partition coefficient (Wildman–Crippen LogP) is 3.27. The molecule has 1 aliphatic heterocycles. The molecule has 7 nitrogen and oxygen atoms in total. The van der Waals surface area contributed by atoms with Gasteiger partial charge in [0.15, 0.2) is 5.16 Å². The minimum Gasteiger partial charge on any atom is -0.324 e. The van der Waals surface area contributed by atoms with Crippen molar-refractivity contribution >= 4 is 45.9 Å². The third kappa shape index (κ3) is 3.70. The van der Waals surface area contributed by atoms with Crippen LogP contribution in [-0.4, -0.2) is 33.2 Å². The number of thioether (sulfide) groups is 1. The van der Waals surface area contributed by atoms with E-state index in [1.807, 2.05) is 44.2 Å². The van der Waals surface area contributed by atoms with E-state index in [-0.39, 0.29) is 35.6 Å². The summed E-state index contributed by atoms with van der Waals surface area (Å²) in [6.45, 7) is 4.21. The number of carbonyl (C=O) groups is 2. The highest BCUT2D eigenvalue weighted by atomic mass is 32.2. The van der Waals surface area contributed by atoms with E-state index < -0.39 is 0 Å². The van der Waals surface area contributed by atoms with Crippen molar-refractivity contribution in [3.8, 4) is 0 Å². The van der Waals surface area contributed by atoms with Gasteiger partial charge in [-0.3, -0.25) is 19.0 Å². The second kappa shape index (κ2) is 8.31. The molecule has 1 N–H and O–H groups in total. The number of hydrogen-bond donors (Lipinski definition) is 1. The van der Waals surface area contributed by atoms with Crippen LogP contribution in [0.15, 0.2) is 58.5 Å². The highest BCUT2D eigenvalue weighted by Gasteiger charge is 2.29. The Hall–Kier alpha value is -3.13. The maximum atomic E-state index is 13.2. The van der Waals surface area contributed by atoms with Gasteiger partial charge in [-0.15, -0.1) is 0 Å². The van der Waals surface area contributed by atoms with Crippen LogP contribution < -0.4 is 15.8 Å². The second-order valence-corrected chi connectivity index (χ2v) is 8.07. The van der Waals surface area contributed by atoms with Gasteiger partial charge in [0.1, 0.15) is 0 Å². The summed E-state index contributed by atoms with van der Waals surface area (Å²) in [5, 5.41) is 3.94. The fraction of sp³-hybridized carbons (Fsp3) is 0.273. The smallest absolute Gasteiger partial charge is 0.262 e. The minimum absolute atomic E-state index is 0.109. The van der Waals surface area contributed by atoms with Crippen molar-refractivity contribution in [1.29, 1.82) is 0 Å². The molecule has 0 bridgehead atoms. The fourth-order valence-electron chi connectivity index (χ4n) is 3.70. The van der Waals surface area contributed by atoms with Gasteiger partial charge in [0.05, 0.1) is 28.0 Å². The molecule has 3 aromatic rings. The van der Waals surface area contributed by atoms with Crippen LogP contribution in [0.4, 0.5) is 11.4 Å². The third-order valence-corrected chi connectivity index (χ3v) is 6.06. The summed E-state index contributed by atoms with van der Waals surface area (Å²) in [6.07, 6.45) is 0.221. The zero-order chi connectivity index (χ0) is 21.3. The van der Waals surface area contributed by atoms with E-state index in [4.69, 9.17) is 0 Å². The Balaban J connectivity index is 1.64. The first-order valence-corrected chi connectivity index (χ1v) is 10.8. The highest BCUT2D eigenvalue weighted by molar-refractivity contribution is 7.99. The quantitative estimate of drug-likeness (QED) is 0.515. The number of anilines is 2. The van der Waals surface area contributed by atoms with Crippen LogP contribution in [-0.2, 0) is 16.1 Å². The molecule has 1 aliphatic rings. The Kier molecular flexibility index (Phi) is 5.59. The van der Waals surface area contributed by atoms with Crippen molar-refractivity contribution < 1.29 is 9.59 Å². The number of para-hydroxylation sites is 3. The molecule has 154 valence electrons. The van der Waals surface area contributed by atoms with Crippen molar-refractivity contribution in [2.75, 3.05) is 16.0 Å². The zero-order valence-electron chi connectivity index (χ0n) is 16.8. The first-order valence-electron chi connectivity index (χ1n) is 9.83. The van der Waals surface area contributed by atoms with Crippen LogP contribution in [0.2, 0.25) is 0 Å². The number of fused-ring (bicyclic) bond motifs is 2. The molecule has 2 aromatic carbocycles. The lowest BCUT2D eigenvalue weighted by molar-refractivity contribution is -0.117. The van der Waals surface area contributed by atoms with E-state index in [1.54, 1.807) is 27.7 Å². The van der Waals surface area contributed by atoms with E-state index in [0.29, 0.717) is 34.0 Å². The topological polar surface area (TPSA) is 84.3 Å². The number of hydrogen-bond acceptors (Lipinski definition) is 5. The molecule has 30 heavy (non-hydrogen) atoms. The van der Waals surface area contributed by atoms with Gasteiger partial charge in [-0.05, 0) is 38.1 Å². The molecule has 8 heteroatoms. The third-order valence-electron chi connectivity index (χ3n) is 5.10. The SMILES string of the molecule is CCn1c(SCC(=O)N2c3ccccc3NC(=O)C[C@H]2C)nc2ccccc2c1=O. The zero-order valence-corrected chi connectivity index (χ0v) is 17.6. The summed E-state index contributed by atoms with van der Waals surface area (Å²) < 4.78 is 1.59. The van der Waals surface area contributed by atoms with Crippen molar-refractivity contribution in [3.63, 3.8) is 0 Å². The molecule has 0 saturated heterocycles. The lowest BCUT2D eigenvalue weighted by Crippen LogP contribution is -2.40. The number of amides is 2. The molecule has 0 spiro atoms. The molecule has 0 aliphatic carbocycles. The average molecular weight is 423 g/mol. The Labute approximate surface area is 178 Å². The molecule has 0 saturated carbocycles. The number of nitrogens with one attached hydrogen (secondary N) is 1. The van der Waals surface area contributed by atoms with E-state index in [9.17, 15) is 14.4 Å². The molecule has 2 amide bonds. The maximum absolute atomic E-state index is 13.2. The summed E-state index contributed by atoms with van der Waals surface area (Å²) in [7, 11) is 0. The van der Waals surface area contributed by atoms with Crippen molar-refractivity contribution in [2.24, 2.45) is 0 Å². The van der Waals surface area contributed by atoms with Gasteiger partial charge >= 0.3 is 0 Å². The Morgan fingerprint density at radius 2 is 1.90 bits per heavy atom. The number of nitrogens with zero attached hydrogens (tertiary/aromatic N) is 3. The largest absolute Gasteiger partial charge is 0.324 e. The van der Waals surface area contributed by atoms with E-state index >= 15 is 0 Å². The predicted molar refractivity (Wildman–Crippen MR) is 119 cm³/mol. The van der Waals surface area contributed by atoms with Crippen LogP contribution in [0, 0.1) is 0 Å². The summed E-state index contributed by atoms with van der Waals surface area (Å²) >= 11 is 1.24. The lowest BCUT2D eigenvalue weighted by Gasteiger charge is -2.27. The van der Waals surface area contributed by atoms with E-state index in [1.165, 1.54) is 11.8 Å². The molecular formula is C22H22N4O3S. The molecular weight excluding hydrogens is 400 g/mol. The Morgan fingerprint density at radius 1 is 1.17 bits per heavy atom. The van der Waals surface area contributed by atoms with Crippen LogP contribution in [0.25, 0.3) is 10.9 Å². The van der Waals surface area contributed by atoms with E-state index in [0.717, 1.165) is 0 Å². The molecule has 0 unspecified atom stereocenters. The Morgan fingerprint density at radius 3 is 2.70 bits per heavy atom. The van der Waals surface area contributed by atoms with Crippen molar-refractivity contribution in [2.45, 2.75) is 38.0 Å². The molecule has 4 rings (SSSR count). The lowest BCUT2D eigenvalue weighted by atomic mass is 10.2. The van der Waals surface area contributed by atoms with Gasteiger partial charge in [0.2, 0.25) is 11.8 Å². The number of rotatable bonds is 4. The van der Waals surface area contributed by atoms with Crippen molar-refractivity contribution in [1.82, 2.24) is 9.55 Å². The van der Waals surface area contributed by atoms with Gasteiger partial charge in [-0.1, -0.05) is 36.0 Å². The normalized spacial score (nSPS) is 16.1. The second-order valence-electron chi connectivity index (χ2n) is 7.13. The summed E-state index contributed by atoms with van der Waals surface area (Å²) in [5.41, 5.74) is 1.81. The van der Waals surface area contributed by atoms with Crippen LogP contribution in [0.5, 0.6) is 0 Å². The maximum Gasteiger partial charge on any atom is 0.262 e. The molecule has 1 atom stereocenters. The summed E-state index contributed by atoms with van der Waals surface area (Å²) in [4.78, 5) is 44.4. The van der Waals surface area contributed by atoms with Gasteiger partial charge < -0.3 is 10.2 Å². The average Bonchev–Trinajstić information content (AvgIpc) is 2.86. The number of carbonyl (C=O) groups excluding carboxylic acids is 2. The van der Waals surface area contributed by atoms with Crippen LogP contribution in [0.3, 0.4) is 0 Å². The monoisotopic (exact) mass is 422 g/mol. The van der Waals surface area contributed by atoms with E-state index in [2.05, 4.69) is 10.3 Å². The number of benzene rings is 2. The molecule has 0 fully saturated rings. The molecule has 2 heterocycles. The van der Waals surface area contributed by atoms with Gasteiger partial charge in [0, 0.05) is 19.0 Å². The Bertz CT molecular complexity index is 1190. The van der Waals surface area contributed by atoms with Gasteiger partial charge in [-0.25, -0.2) is 4.98 Å². The van der Waals surface area contributed by atoms with Gasteiger partial charge in [-0.2, -0.15) is 0 Å². The first kappa shape index (κ1) is 20.2. The van der Waals surface area contributed by atoms with Crippen molar-refractivity contribution in [3.05, 3.63) is 58.9 Å². The minimum atomic E-state index is -0.278. The van der Waals surface area contributed by atoms with Crippen LogP contribution >= 0.6 is 11.8 Å². The summed E-state index contributed by atoms with van der Waals surface area (Å²) in [5.74, 6) is -0.145. The van der Waals surface area contributed by atoms with Gasteiger partial charge in [0.25, 0.3) is 5.56 Å². The van der Waals surface area contributed by atoms with Crippen LogP contribution in [0.1, 0.15) is 20.3 Å². The molecule has 1 aromatic heterocycles. The first-order chi connectivity index (χ1) is 14.5. The highest BCUT2D eigenvalue weighted by Crippen LogP contribution is 2.32. The fourth-order valence-corrected chi connectivity index (χ4v) is 4.62. The molecule has 0 radical (unpaired) electrons. The summed E-state index contributed by atoms with van der Waals surface area (Å²) in [6, 6.07) is 14.2. The standard InChI is InChI=1S/C22H22N4O3S/c1-3-25-21(29)15-8-4-5-9-16(15)24-22(25)30-13-20(28)26-14(2)12-19(27)23-17-10-6-7-11-18(17)26/h4-11,14H,3,12-13H2,1-2H3,(H,23,27)/t14-/m1/s1. The number of aromatic nitrogens is 2.